The molecule has 0 aliphatic carbocycles. The van der Waals surface area contributed by atoms with E-state index in [0.717, 1.165) is 32.6 Å². The van der Waals surface area contributed by atoms with E-state index < -0.39 is 21.3 Å². The Bertz CT molecular complexity index is 1040. The molecule has 26 heavy (non-hydrogen) atoms. The first-order chi connectivity index (χ1) is 12.4. The highest BCUT2D eigenvalue weighted by Crippen LogP contribution is 2.25. The van der Waals surface area contributed by atoms with Crippen LogP contribution in [-0.2, 0) is 10.0 Å². The zero-order valence-electron chi connectivity index (χ0n) is 14.2. The van der Waals surface area contributed by atoms with Crippen molar-refractivity contribution in [1.29, 1.82) is 0 Å². The van der Waals surface area contributed by atoms with E-state index in [1.165, 1.54) is 22.5 Å². The lowest BCUT2D eigenvalue weighted by Crippen LogP contribution is -2.49. The number of nitrogens with one attached hydrogen (secondary N) is 3. The summed E-state index contributed by atoms with van der Waals surface area (Å²) < 4.78 is 27.5. The van der Waals surface area contributed by atoms with Crippen LogP contribution in [0.5, 0.6) is 0 Å². The molecule has 2 aromatic rings. The standard InChI is InChI=1S/C16H21N5O4S/c22-15-13-9-12(1-2-14(13)18-16(23)19-15)26(24,25)21-6-3-11(10-21)20-7-4-17-5-8-20/h1-2,9,11,17H,3-8,10H2,(H2,18,19,22,23). The summed E-state index contributed by atoms with van der Waals surface area (Å²) in [7, 11) is -3.68. The monoisotopic (exact) mass is 379 g/mol. The Morgan fingerprint density at radius 3 is 2.58 bits per heavy atom. The number of nitrogens with zero attached hydrogens (tertiary/aromatic N) is 2. The molecule has 1 aromatic carbocycles. The fourth-order valence-electron chi connectivity index (χ4n) is 3.73. The van der Waals surface area contributed by atoms with Crippen LogP contribution in [0.25, 0.3) is 10.9 Å². The average molecular weight is 379 g/mol. The summed E-state index contributed by atoms with van der Waals surface area (Å²) in [6, 6.07) is 4.46. The van der Waals surface area contributed by atoms with Gasteiger partial charge in [0.05, 0.1) is 15.8 Å². The van der Waals surface area contributed by atoms with Gasteiger partial charge < -0.3 is 10.3 Å². The molecule has 2 fully saturated rings. The zero-order chi connectivity index (χ0) is 18.3. The quantitative estimate of drug-likeness (QED) is 0.622. The normalized spacial score (nSPS) is 22.8. The fraction of sp³-hybridized carbons (Fsp3) is 0.500. The van der Waals surface area contributed by atoms with Gasteiger partial charge in [-0.3, -0.25) is 14.7 Å². The molecular weight excluding hydrogens is 358 g/mol. The molecular formula is C16H21N5O4S. The fourth-order valence-corrected chi connectivity index (χ4v) is 5.25. The molecule has 3 heterocycles. The van der Waals surface area contributed by atoms with Crippen LogP contribution in [0.4, 0.5) is 0 Å². The molecule has 0 saturated carbocycles. The lowest BCUT2D eigenvalue weighted by Gasteiger charge is -2.32. The van der Waals surface area contributed by atoms with Crippen LogP contribution in [0, 0.1) is 0 Å². The molecule has 1 atom stereocenters. The lowest BCUT2D eigenvalue weighted by atomic mass is 10.2. The molecule has 2 aliphatic rings. The SMILES string of the molecule is O=c1[nH]c(=O)c2cc(S(=O)(=O)N3CCC(N4CCNCC4)C3)ccc2[nH]1. The molecule has 2 saturated heterocycles. The van der Waals surface area contributed by atoms with Gasteiger partial charge in [-0.2, -0.15) is 4.31 Å². The molecule has 9 nitrogen and oxygen atoms in total. The molecule has 0 bridgehead atoms. The molecule has 0 spiro atoms. The van der Waals surface area contributed by atoms with Crippen molar-refractivity contribution in [1.82, 2.24) is 24.5 Å². The number of H-pyrrole nitrogens is 2. The van der Waals surface area contributed by atoms with Gasteiger partial charge >= 0.3 is 5.69 Å². The van der Waals surface area contributed by atoms with E-state index >= 15 is 0 Å². The number of hydrogen-bond acceptors (Lipinski definition) is 6. The summed E-state index contributed by atoms with van der Waals surface area (Å²) in [5.41, 5.74) is -0.893. The highest BCUT2D eigenvalue weighted by Gasteiger charge is 2.35. The van der Waals surface area contributed by atoms with E-state index in [1.807, 2.05) is 0 Å². The van der Waals surface area contributed by atoms with Gasteiger partial charge in [-0.1, -0.05) is 0 Å². The molecule has 3 N–H and O–H groups in total. The third-order valence-electron chi connectivity index (χ3n) is 5.14. The Labute approximate surface area is 150 Å². The molecule has 1 unspecified atom stereocenters. The van der Waals surface area contributed by atoms with E-state index in [0.29, 0.717) is 18.6 Å². The maximum absolute atomic E-state index is 13.0. The summed E-state index contributed by atoms with van der Waals surface area (Å²) in [5, 5.41) is 3.46. The van der Waals surface area contributed by atoms with Gasteiger partial charge in [0.15, 0.2) is 0 Å². The Balaban J connectivity index is 1.61. The van der Waals surface area contributed by atoms with Gasteiger partial charge in [-0.25, -0.2) is 13.2 Å². The second kappa shape index (κ2) is 6.62. The van der Waals surface area contributed by atoms with E-state index in [-0.39, 0.29) is 16.3 Å². The summed E-state index contributed by atoms with van der Waals surface area (Å²) in [6.45, 7) is 4.64. The molecule has 4 rings (SSSR count). The maximum Gasteiger partial charge on any atom is 0.326 e. The predicted molar refractivity (Wildman–Crippen MR) is 96.8 cm³/mol. The van der Waals surface area contributed by atoms with Crippen LogP contribution in [0.3, 0.4) is 0 Å². The minimum absolute atomic E-state index is 0.0727. The van der Waals surface area contributed by atoms with Crippen molar-refractivity contribution in [2.24, 2.45) is 0 Å². The van der Waals surface area contributed by atoms with Gasteiger partial charge in [0, 0.05) is 45.3 Å². The minimum atomic E-state index is -3.68. The highest BCUT2D eigenvalue weighted by molar-refractivity contribution is 7.89. The van der Waals surface area contributed by atoms with E-state index in [1.54, 1.807) is 0 Å². The highest BCUT2D eigenvalue weighted by atomic mass is 32.2. The Hall–Kier alpha value is -2.01. The van der Waals surface area contributed by atoms with Gasteiger partial charge in [-0.05, 0) is 24.6 Å². The van der Waals surface area contributed by atoms with E-state index in [9.17, 15) is 18.0 Å². The second-order valence-corrected chi connectivity index (χ2v) is 8.65. The number of piperazine rings is 1. The van der Waals surface area contributed by atoms with Crippen LogP contribution in [0.1, 0.15) is 6.42 Å². The van der Waals surface area contributed by atoms with Crippen LogP contribution in [0.15, 0.2) is 32.7 Å². The molecule has 1 aromatic heterocycles. The van der Waals surface area contributed by atoms with Crippen LogP contribution >= 0.6 is 0 Å². The first-order valence-electron chi connectivity index (χ1n) is 8.66. The number of aromatic nitrogens is 2. The van der Waals surface area contributed by atoms with Gasteiger partial charge in [0.25, 0.3) is 5.56 Å². The summed E-state index contributed by atoms with van der Waals surface area (Å²) in [5.74, 6) is 0. The first-order valence-corrected chi connectivity index (χ1v) is 10.1. The number of aromatic amines is 2. The van der Waals surface area contributed by atoms with Crippen molar-refractivity contribution >= 4 is 20.9 Å². The van der Waals surface area contributed by atoms with Crippen molar-refractivity contribution in [3.05, 3.63) is 39.0 Å². The maximum atomic E-state index is 13.0. The Morgan fingerprint density at radius 2 is 1.81 bits per heavy atom. The predicted octanol–water partition coefficient (Wildman–Crippen LogP) is -1.12. The molecule has 10 heteroatoms. The van der Waals surface area contributed by atoms with Gasteiger partial charge in [0.2, 0.25) is 10.0 Å². The Morgan fingerprint density at radius 1 is 1.04 bits per heavy atom. The van der Waals surface area contributed by atoms with Crippen molar-refractivity contribution in [2.45, 2.75) is 17.4 Å². The van der Waals surface area contributed by atoms with Crippen molar-refractivity contribution < 1.29 is 8.42 Å². The number of hydrogen-bond donors (Lipinski definition) is 3. The molecule has 0 radical (unpaired) electrons. The van der Waals surface area contributed by atoms with Crippen molar-refractivity contribution in [2.75, 3.05) is 39.3 Å². The lowest BCUT2D eigenvalue weighted by molar-refractivity contribution is 0.179. The third kappa shape index (κ3) is 3.09. The minimum Gasteiger partial charge on any atom is -0.314 e. The average Bonchev–Trinajstić information content (AvgIpc) is 3.13. The van der Waals surface area contributed by atoms with Crippen molar-refractivity contribution in [3.63, 3.8) is 0 Å². The number of fused-ring (bicyclic) bond motifs is 1. The topological polar surface area (TPSA) is 118 Å². The van der Waals surface area contributed by atoms with Crippen molar-refractivity contribution in [3.8, 4) is 0 Å². The molecule has 0 amide bonds. The van der Waals surface area contributed by atoms with E-state index in [4.69, 9.17) is 0 Å². The number of benzene rings is 1. The van der Waals surface area contributed by atoms with Crippen LogP contribution in [0.2, 0.25) is 0 Å². The zero-order valence-corrected chi connectivity index (χ0v) is 15.0. The summed E-state index contributed by atoms with van der Waals surface area (Å²) >= 11 is 0. The van der Waals surface area contributed by atoms with Gasteiger partial charge in [-0.15, -0.1) is 0 Å². The molecule has 2 aliphatic heterocycles. The molecule has 140 valence electrons. The largest absolute Gasteiger partial charge is 0.326 e. The first kappa shape index (κ1) is 17.4. The second-order valence-electron chi connectivity index (χ2n) is 6.71. The van der Waals surface area contributed by atoms with Gasteiger partial charge in [0.1, 0.15) is 0 Å². The van der Waals surface area contributed by atoms with Crippen LogP contribution < -0.4 is 16.6 Å². The third-order valence-corrected chi connectivity index (χ3v) is 7.00. The van der Waals surface area contributed by atoms with E-state index in [2.05, 4.69) is 20.2 Å². The smallest absolute Gasteiger partial charge is 0.314 e. The summed E-state index contributed by atoms with van der Waals surface area (Å²) in [4.78, 5) is 30.3. The Kier molecular flexibility index (Phi) is 4.43. The summed E-state index contributed by atoms with van der Waals surface area (Å²) in [6.07, 6.45) is 0.806. The number of rotatable bonds is 3. The number of sulfonamides is 1. The van der Waals surface area contributed by atoms with Crippen LogP contribution in [-0.4, -0.2) is 72.9 Å².